The van der Waals surface area contributed by atoms with Gasteiger partial charge < -0.3 is 16.0 Å². The van der Waals surface area contributed by atoms with Crippen LogP contribution in [0.15, 0.2) is 0 Å². The third-order valence-corrected chi connectivity index (χ3v) is 3.54. The van der Waals surface area contributed by atoms with E-state index in [9.17, 15) is 9.59 Å². The molecule has 0 spiro atoms. The van der Waals surface area contributed by atoms with Gasteiger partial charge in [-0.05, 0) is 37.8 Å². The van der Waals surface area contributed by atoms with Crippen molar-refractivity contribution < 1.29 is 9.59 Å². The Labute approximate surface area is 122 Å². The molecule has 0 aromatic carbocycles. The Morgan fingerprint density at radius 3 is 2.25 bits per heavy atom. The Bertz CT molecular complexity index is 323. The first-order valence-corrected chi connectivity index (χ1v) is 7.70. The smallest absolute Gasteiger partial charge is 0.243 e. The van der Waals surface area contributed by atoms with Gasteiger partial charge in [0.1, 0.15) is 6.04 Å². The Kier molecular flexibility index (Phi) is 6.99. The van der Waals surface area contributed by atoms with Crippen molar-refractivity contribution >= 4 is 11.8 Å². The standard InChI is InChI=1S/C15H29N3O2/c1-10(2)9-13(19)18-14(11(3)4)15(20)17-12-5-7-16-8-6-12/h10-12,14,16H,5-9H2,1-4H3,(H,17,20)(H,18,19). The molecule has 1 rings (SSSR count). The summed E-state index contributed by atoms with van der Waals surface area (Å²) in [5.74, 6) is 0.297. The minimum Gasteiger partial charge on any atom is -0.351 e. The van der Waals surface area contributed by atoms with Crippen LogP contribution in [0.25, 0.3) is 0 Å². The van der Waals surface area contributed by atoms with Crippen LogP contribution in [-0.2, 0) is 9.59 Å². The van der Waals surface area contributed by atoms with Crippen molar-refractivity contribution in [2.45, 2.75) is 59.0 Å². The normalized spacial score (nSPS) is 18.1. The molecule has 0 aromatic heterocycles. The van der Waals surface area contributed by atoms with Crippen LogP contribution in [0.2, 0.25) is 0 Å². The minimum atomic E-state index is -0.434. The second kappa shape index (κ2) is 8.25. The summed E-state index contributed by atoms with van der Waals surface area (Å²) in [5, 5.41) is 9.21. The molecule has 1 aliphatic rings. The van der Waals surface area contributed by atoms with E-state index in [2.05, 4.69) is 16.0 Å². The number of carbonyl (C=O) groups is 2. The molecule has 1 heterocycles. The van der Waals surface area contributed by atoms with E-state index in [4.69, 9.17) is 0 Å². The van der Waals surface area contributed by atoms with Gasteiger partial charge in [0, 0.05) is 12.5 Å². The lowest BCUT2D eigenvalue weighted by atomic mass is 10.0. The molecule has 0 radical (unpaired) electrons. The van der Waals surface area contributed by atoms with Crippen molar-refractivity contribution in [1.29, 1.82) is 0 Å². The molecule has 116 valence electrons. The quantitative estimate of drug-likeness (QED) is 0.682. The summed E-state index contributed by atoms with van der Waals surface area (Å²) in [7, 11) is 0. The molecule has 3 N–H and O–H groups in total. The lowest BCUT2D eigenvalue weighted by molar-refractivity contribution is -0.131. The van der Waals surface area contributed by atoms with Crippen molar-refractivity contribution in [2.75, 3.05) is 13.1 Å². The molecule has 1 fully saturated rings. The predicted octanol–water partition coefficient (Wildman–Crippen LogP) is 1.04. The van der Waals surface area contributed by atoms with Gasteiger partial charge in [0.25, 0.3) is 0 Å². The fraction of sp³-hybridized carbons (Fsp3) is 0.867. The molecule has 1 aliphatic heterocycles. The number of nitrogens with one attached hydrogen (secondary N) is 3. The van der Waals surface area contributed by atoms with Gasteiger partial charge in [-0.1, -0.05) is 27.7 Å². The molecular formula is C15H29N3O2. The van der Waals surface area contributed by atoms with Gasteiger partial charge in [-0.25, -0.2) is 0 Å². The summed E-state index contributed by atoms with van der Waals surface area (Å²) in [6.45, 7) is 9.80. The largest absolute Gasteiger partial charge is 0.351 e. The van der Waals surface area contributed by atoms with Crippen LogP contribution in [0.5, 0.6) is 0 Å². The van der Waals surface area contributed by atoms with Crippen LogP contribution in [0, 0.1) is 11.8 Å². The Balaban J connectivity index is 2.51. The fourth-order valence-corrected chi connectivity index (χ4v) is 2.40. The van der Waals surface area contributed by atoms with E-state index in [1.807, 2.05) is 27.7 Å². The van der Waals surface area contributed by atoms with Gasteiger partial charge in [-0.15, -0.1) is 0 Å². The first-order valence-electron chi connectivity index (χ1n) is 7.70. The summed E-state index contributed by atoms with van der Waals surface area (Å²) in [5.41, 5.74) is 0. The third-order valence-electron chi connectivity index (χ3n) is 3.54. The summed E-state index contributed by atoms with van der Waals surface area (Å²) in [6, 6.07) is -0.205. The topological polar surface area (TPSA) is 70.2 Å². The number of carbonyl (C=O) groups excluding carboxylic acids is 2. The number of hydrogen-bond donors (Lipinski definition) is 3. The number of amides is 2. The van der Waals surface area contributed by atoms with Crippen LogP contribution >= 0.6 is 0 Å². The maximum absolute atomic E-state index is 12.3. The Hall–Kier alpha value is -1.10. The van der Waals surface area contributed by atoms with Crippen LogP contribution in [-0.4, -0.2) is 37.0 Å². The lowest BCUT2D eigenvalue weighted by Gasteiger charge is -2.28. The van der Waals surface area contributed by atoms with Gasteiger partial charge in [0.05, 0.1) is 0 Å². The highest BCUT2D eigenvalue weighted by molar-refractivity contribution is 5.88. The van der Waals surface area contributed by atoms with Crippen LogP contribution in [0.4, 0.5) is 0 Å². The van der Waals surface area contributed by atoms with Crippen molar-refractivity contribution in [2.24, 2.45) is 11.8 Å². The van der Waals surface area contributed by atoms with E-state index in [1.165, 1.54) is 0 Å². The van der Waals surface area contributed by atoms with E-state index >= 15 is 0 Å². The highest BCUT2D eigenvalue weighted by Crippen LogP contribution is 2.08. The molecule has 5 heteroatoms. The SMILES string of the molecule is CC(C)CC(=O)NC(C(=O)NC1CCNCC1)C(C)C. The highest BCUT2D eigenvalue weighted by Gasteiger charge is 2.26. The second-order valence-electron chi connectivity index (χ2n) is 6.42. The minimum absolute atomic E-state index is 0.0424. The predicted molar refractivity (Wildman–Crippen MR) is 80.3 cm³/mol. The molecule has 1 unspecified atom stereocenters. The fourth-order valence-electron chi connectivity index (χ4n) is 2.40. The summed E-state index contributed by atoms with van der Waals surface area (Å²) in [4.78, 5) is 24.2. The maximum atomic E-state index is 12.3. The molecule has 1 atom stereocenters. The number of hydrogen-bond acceptors (Lipinski definition) is 3. The molecule has 0 aromatic rings. The summed E-state index contributed by atoms with van der Waals surface area (Å²) >= 11 is 0. The first-order chi connectivity index (χ1) is 9.40. The number of rotatable bonds is 6. The maximum Gasteiger partial charge on any atom is 0.243 e. The molecule has 0 aliphatic carbocycles. The zero-order valence-electron chi connectivity index (χ0n) is 13.2. The molecule has 1 saturated heterocycles. The van der Waals surface area contributed by atoms with Crippen LogP contribution in [0.3, 0.4) is 0 Å². The van der Waals surface area contributed by atoms with Gasteiger partial charge in [0.2, 0.25) is 11.8 Å². The monoisotopic (exact) mass is 283 g/mol. The average molecular weight is 283 g/mol. The van der Waals surface area contributed by atoms with Gasteiger partial charge in [0.15, 0.2) is 0 Å². The molecule has 20 heavy (non-hydrogen) atoms. The van der Waals surface area contributed by atoms with Crippen LogP contribution < -0.4 is 16.0 Å². The van der Waals surface area contributed by atoms with E-state index in [1.54, 1.807) is 0 Å². The second-order valence-corrected chi connectivity index (χ2v) is 6.42. The van der Waals surface area contributed by atoms with E-state index in [0.717, 1.165) is 25.9 Å². The van der Waals surface area contributed by atoms with Gasteiger partial charge >= 0.3 is 0 Å². The van der Waals surface area contributed by atoms with Crippen molar-refractivity contribution in [3.8, 4) is 0 Å². The molecular weight excluding hydrogens is 254 g/mol. The van der Waals surface area contributed by atoms with Crippen LogP contribution in [0.1, 0.15) is 47.0 Å². The first kappa shape index (κ1) is 17.0. The average Bonchev–Trinajstić information content (AvgIpc) is 2.35. The molecule has 2 amide bonds. The molecule has 0 bridgehead atoms. The van der Waals surface area contributed by atoms with Crippen molar-refractivity contribution in [3.63, 3.8) is 0 Å². The van der Waals surface area contributed by atoms with Gasteiger partial charge in [-0.3, -0.25) is 9.59 Å². The van der Waals surface area contributed by atoms with Crippen molar-refractivity contribution in [3.05, 3.63) is 0 Å². The summed E-state index contributed by atoms with van der Waals surface area (Å²) in [6.07, 6.45) is 2.37. The van der Waals surface area contributed by atoms with Crippen molar-refractivity contribution in [1.82, 2.24) is 16.0 Å². The van der Waals surface area contributed by atoms with E-state index in [0.29, 0.717) is 12.3 Å². The Morgan fingerprint density at radius 2 is 1.75 bits per heavy atom. The van der Waals surface area contributed by atoms with E-state index in [-0.39, 0.29) is 23.8 Å². The lowest BCUT2D eigenvalue weighted by Crippen LogP contribution is -2.53. The zero-order valence-corrected chi connectivity index (χ0v) is 13.2. The number of piperidine rings is 1. The molecule has 5 nitrogen and oxygen atoms in total. The van der Waals surface area contributed by atoms with Gasteiger partial charge in [-0.2, -0.15) is 0 Å². The molecule has 0 saturated carbocycles. The zero-order chi connectivity index (χ0) is 15.1. The van der Waals surface area contributed by atoms with E-state index < -0.39 is 6.04 Å². The Morgan fingerprint density at radius 1 is 1.15 bits per heavy atom. The highest BCUT2D eigenvalue weighted by atomic mass is 16.2. The summed E-state index contributed by atoms with van der Waals surface area (Å²) < 4.78 is 0. The third kappa shape index (κ3) is 5.90.